The number of hydrogen-bond donors (Lipinski definition) is 1. The Hall–Kier alpha value is -3.72. The van der Waals surface area contributed by atoms with Gasteiger partial charge in [0.1, 0.15) is 6.04 Å². The lowest BCUT2D eigenvalue weighted by Gasteiger charge is -2.36. The van der Waals surface area contributed by atoms with Crippen molar-refractivity contribution in [3.8, 4) is 0 Å². The van der Waals surface area contributed by atoms with Crippen LogP contribution in [0.2, 0.25) is 0 Å². The molecule has 1 N–H and O–H groups in total. The third-order valence-electron chi connectivity index (χ3n) is 7.27. The minimum absolute atomic E-state index is 0.0581. The molecule has 2 heterocycles. The fourth-order valence-corrected chi connectivity index (χ4v) is 5.99. The summed E-state index contributed by atoms with van der Waals surface area (Å²) in [5, 5.41) is 3.93. The molecule has 1 unspecified atom stereocenters. The van der Waals surface area contributed by atoms with Crippen molar-refractivity contribution < 1.29 is 19.2 Å². The minimum Gasteiger partial charge on any atom is -0.378 e. The Labute approximate surface area is 239 Å². The van der Waals surface area contributed by atoms with Crippen LogP contribution in [0.5, 0.6) is 0 Å². The Balaban J connectivity index is 1.46. The Morgan fingerprint density at radius 1 is 1.05 bits per heavy atom. The number of thiophene rings is 1. The molecule has 0 radical (unpaired) electrons. The summed E-state index contributed by atoms with van der Waals surface area (Å²) >= 11 is 1.42. The van der Waals surface area contributed by atoms with Crippen molar-refractivity contribution in [1.82, 2.24) is 15.1 Å². The summed E-state index contributed by atoms with van der Waals surface area (Å²) in [6, 6.07) is 15.4. The first kappa shape index (κ1) is 29.3. The van der Waals surface area contributed by atoms with Gasteiger partial charge in [0, 0.05) is 43.1 Å². The van der Waals surface area contributed by atoms with Crippen LogP contribution in [0.4, 0.5) is 5.69 Å². The maximum atomic E-state index is 13.8. The molecule has 2 atom stereocenters. The molecule has 0 aliphatic carbocycles. The number of carbonyl (C=O) groups excluding carboxylic acids is 4. The fraction of sp³-hybridized carbons (Fsp3) is 0.419. The SMILES string of the molecule is CC(C)CC(NC(=O)c1ccc(N(C)C)cc1)C(=O)N1CCCN(C(=O)c2cc3ccccc3s2)CC(=O)[C@@H]1C. The van der Waals surface area contributed by atoms with E-state index in [0.29, 0.717) is 36.4 Å². The van der Waals surface area contributed by atoms with E-state index in [-0.39, 0.29) is 36.0 Å². The second kappa shape index (κ2) is 12.6. The topological polar surface area (TPSA) is 90.0 Å². The largest absolute Gasteiger partial charge is 0.378 e. The van der Waals surface area contributed by atoms with Crippen LogP contribution in [0, 0.1) is 5.92 Å². The lowest BCUT2D eigenvalue weighted by molar-refractivity contribution is -0.142. The van der Waals surface area contributed by atoms with Crippen molar-refractivity contribution in [3.05, 3.63) is 65.0 Å². The molecule has 0 bridgehead atoms. The summed E-state index contributed by atoms with van der Waals surface area (Å²) in [4.78, 5) is 59.2. The van der Waals surface area contributed by atoms with Crippen LogP contribution in [-0.4, -0.2) is 79.1 Å². The van der Waals surface area contributed by atoms with Gasteiger partial charge >= 0.3 is 0 Å². The van der Waals surface area contributed by atoms with Crippen molar-refractivity contribution in [1.29, 1.82) is 0 Å². The van der Waals surface area contributed by atoms with E-state index in [0.717, 1.165) is 15.8 Å². The maximum Gasteiger partial charge on any atom is 0.264 e. The van der Waals surface area contributed by atoms with Crippen LogP contribution in [0.3, 0.4) is 0 Å². The van der Waals surface area contributed by atoms with E-state index < -0.39 is 12.1 Å². The van der Waals surface area contributed by atoms with Gasteiger partial charge in [-0.15, -0.1) is 11.3 Å². The van der Waals surface area contributed by atoms with Crippen LogP contribution in [0.1, 0.15) is 53.6 Å². The molecule has 2 aromatic carbocycles. The van der Waals surface area contributed by atoms with Gasteiger partial charge in [0.15, 0.2) is 5.78 Å². The molecule has 1 aliphatic heterocycles. The van der Waals surface area contributed by atoms with Gasteiger partial charge in [-0.3, -0.25) is 19.2 Å². The predicted octanol–water partition coefficient (Wildman–Crippen LogP) is 4.44. The number of Topliss-reactive ketones (excluding diaryl/α,β-unsaturated/α-hetero) is 1. The highest BCUT2D eigenvalue weighted by molar-refractivity contribution is 7.20. The number of rotatable bonds is 7. The molecule has 1 fully saturated rings. The molecule has 3 amide bonds. The van der Waals surface area contributed by atoms with Gasteiger partial charge in [-0.05, 0) is 67.5 Å². The standard InChI is InChI=1S/C31H38N4O4S/c1-20(2)17-25(32-29(37)22-11-13-24(14-12-22)33(4)5)30(38)35-16-8-15-34(19-26(36)21(35)3)31(39)28-18-23-9-6-7-10-27(23)40-28/h6-7,9-14,18,20-21,25H,8,15-17,19H2,1-5H3,(H,32,37)/t21-,25?/m0/s1. The molecule has 9 heteroatoms. The van der Waals surface area contributed by atoms with E-state index in [2.05, 4.69) is 5.32 Å². The number of anilines is 1. The van der Waals surface area contributed by atoms with Crippen LogP contribution in [0.15, 0.2) is 54.6 Å². The minimum atomic E-state index is -0.757. The highest BCUT2D eigenvalue weighted by Crippen LogP contribution is 2.27. The molecule has 8 nitrogen and oxygen atoms in total. The molecule has 1 saturated heterocycles. The molecular formula is C31H38N4O4S. The Bertz CT molecular complexity index is 1350. The van der Waals surface area contributed by atoms with Crippen molar-refractivity contribution in [3.63, 3.8) is 0 Å². The smallest absolute Gasteiger partial charge is 0.264 e. The predicted molar refractivity (Wildman–Crippen MR) is 160 cm³/mol. The molecule has 0 saturated carbocycles. The van der Waals surface area contributed by atoms with E-state index in [1.54, 1.807) is 28.9 Å². The number of amides is 3. The van der Waals surface area contributed by atoms with E-state index in [4.69, 9.17) is 0 Å². The molecule has 1 aliphatic rings. The maximum absolute atomic E-state index is 13.8. The van der Waals surface area contributed by atoms with Gasteiger partial charge in [0.25, 0.3) is 11.8 Å². The lowest BCUT2D eigenvalue weighted by Crippen LogP contribution is -2.56. The summed E-state index contributed by atoms with van der Waals surface area (Å²) in [5.41, 5.74) is 1.44. The number of benzene rings is 2. The van der Waals surface area contributed by atoms with Gasteiger partial charge in [0.2, 0.25) is 5.91 Å². The van der Waals surface area contributed by atoms with Gasteiger partial charge in [-0.1, -0.05) is 32.0 Å². The summed E-state index contributed by atoms with van der Waals surface area (Å²) in [7, 11) is 3.86. The third kappa shape index (κ3) is 6.70. The number of nitrogens with one attached hydrogen (secondary N) is 1. The van der Waals surface area contributed by atoms with Crippen LogP contribution >= 0.6 is 11.3 Å². The number of fused-ring (bicyclic) bond motifs is 1. The van der Waals surface area contributed by atoms with Crippen molar-refractivity contribution in [2.75, 3.05) is 38.6 Å². The average Bonchev–Trinajstić information content (AvgIpc) is 3.36. The van der Waals surface area contributed by atoms with E-state index in [1.165, 1.54) is 11.3 Å². The summed E-state index contributed by atoms with van der Waals surface area (Å²) in [6.07, 6.45) is 0.989. The van der Waals surface area contributed by atoms with E-state index in [9.17, 15) is 19.2 Å². The molecule has 3 aromatic rings. The first-order chi connectivity index (χ1) is 19.0. The molecular weight excluding hydrogens is 524 g/mol. The number of hydrogen-bond acceptors (Lipinski definition) is 6. The highest BCUT2D eigenvalue weighted by Gasteiger charge is 2.35. The van der Waals surface area contributed by atoms with Gasteiger partial charge in [0.05, 0.1) is 17.5 Å². The Morgan fingerprint density at radius 2 is 1.75 bits per heavy atom. The molecule has 40 heavy (non-hydrogen) atoms. The van der Waals surface area contributed by atoms with Crippen molar-refractivity contribution >= 4 is 50.6 Å². The molecule has 212 valence electrons. The van der Waals surface area contributed by atoms with Crippen LogP contribution in [-0.2, 0) is 9.59 Å². The summed E-state index contributed by atoms with van der Waals surface area (Å²) in [5.74, 6) is -0.795. The number of ketones is 1. The van der Waals surface area contributed by atoms with Crippen LogP contribution < -0.4 is 10.2 Å². The van der Waals surface area contributed by atoms with Crippen LogP contribution in [0.25, 0.3) is 10.1 Å². The normalized spacial score (nSPS) is 16.9. The summed E-state index contributed by atoms with van der Waals surface area (Å²) < 4.78 is 1.03. The molecule has 1 aromatic heterocycles. The second-order valence-electron chi connectivity index (χ2n) is 11.0. The Morgan fingerprint density at radius 3 is 2.40 bits per heavy atom. The van der Waals surface area contributed by atoms with Crippen molar-refractivity contribution in [2.45, 2.75) is 45.7 Å². The highest BCUT2D eigenvalue weighted by atomic mass is 32.1. The molecule has 0 spiro atoms. The Kier molecular flexibility index (Phi) is 9.25. The van der Waals surface area contributed by atoms with Crippen molar-refractivity contribution in [2.24, 2.45) is 5.92 Å². The monoisotopic (exact) mass is 562 g/mol. The number of nitrogens with zero attached hydrogens (tertiary/aromatic N) is 3. The lowest BCUT2D eigenvalue weighted by atomic mass is 10.00. The van der Waals surface area contributed by atoms with Gasteiger partial charge in [-0.25, -0.2) is 0 Å². The zero-order valence-corrected chi connectivity index (χ0v) is 24.7. The zero-order valence-electron chi connectivity index (χ0n) is 23.8. The second-order valence-corrected chi connectivity index (χ2v) is 12.1. The zero-order chi connectivity index (χ0) is 29.0. The van der Waals surface area contributed by atoms with E-state index >= 15 is 0 Å². The third-order valence-corrected chi connectivity index (χ3v) is 8.37. The van der Waals surface area contributed by atoms with E-state index in [1.807, 2.05) is 75.3 Å². The number of carbonyl (C=O) groups is 4. The van der Waals surface area contributed by atoms with Gasteiger partial charge in [-0.2, -0.15) is 0 Å². The quantitative estimate of drug-likeness (QED) is 0.460. The first-order valence-corrected chi connectivity index (χ1v) is 14.6. The fourth-order valence-electron chi connectivity index (χ4n) is 4.96. The molecule has 4 rings (SSSR count). The van der Waals surface area contributed by atoms with Gasteiger partial charge < -0.3 is 20.0 Å². The summed E-state index contributed by atoms with van der Waals surface area (Å²) in [6.45, 7) is 6.34. The average molecular weight is 563 g/mol. The first-order valence-electron chi connectivity index (χ1n) is 13.7.